The molecule has 0 aliphatic rings. The molecule has 2 heterocycles. The molecular weight excluding hydrogens is 352 g/mol. The van der Waals surface area contributed by atoms with Crippen LogP contribution in [0.3, 0.4) is 0 Å². The maximum absolute atomic E-state index is 12.4. The summed E-state index contributed by atoms with van der Waals surface area (Å²) < 4.78 is 7.23. The van der Waals surface area contributed by atoms with Gasteiger partial charge in [0.25, 0.3) is 0 Å². The molecule has 4 rings (SSSR count). The summed E-state index contributed by atoms with van der Waals surface area (Å²) in [7, 11) is 1.57. The van der Waals surface area contributed by atoms with Crippen LogP contribution in [0.1, 0.15) is 5.56 Å². The highest BCUT2D eigenvalue weighted by Crippen LogP contribution is 2.30. The molecule has 6 nitrogen and oxygen atoms in total. The molecule has 2 aromatic carbocycles. The molecule has 0 bridgehead atoms. The highest BCUT2D eigenvalue weighted by atomic mass is 16.5. The summed E-state index contributed by atoms with van der Waals surface area (Å²) in [4.78, 5) is 21.1. The number of methoxy groups -OCH3 is 1. The van der Waals surface area contributed by atoms with Gasteiger partial charge in [0.05, 0.1) is 18.5 Å². The molecule has 0 aliphatic heterocycles. The van der Waals surface area contributed by atoms with E-state index in [0.29, 0.717) is 17.2 Å². The van der Waals surface area contributed by atoms with Gasteiger partial charge in [0, 0.05) is 30.2 Å². The summed E-state index contributed by atoms with van der Waals surface area (Å²) in [5.41, 5.74) is 3.15. The summed E-state index contributed by atoms with van der Waals surface area (Å²) in [5.74, 6) is 0.952. The Morgan fingerprint density at radius 2 is 2.00 bits per heavy atom. The molecule has 0 saturated heterocycles. The van der Waals surface area contributed by atoms with Crippen LogP contribution in [0.15, 0.2) is 79.3 Å². The van der Waals surface area contributed by atoms with Gasteiger partial charge < -0.3 is 10.1 Å². The van der Waals surface area contributed by atoms with E-state index in [9.17, 15) is 4.79 Å². The molecule has 4 aromatic rings. The number of fused-ring (bicyclic) bond motifs is 1. The van der Waals surface area contributed by atoms with Gasteiger partial charge in [0.15, 0.2) is 0 Å². The lowest BCUT2D eigenvalue weighted by Crippen LogP contribution is -2.09. The number of ether oxygens (including phenoxy) is 1. The minimum Gasteiger partial charge on any atom is -0.495 e. The van der Waals surface area contributed by atoms with Gasteiger partial charge in [-0.15, -0.1) is 0 Å². The van der Waals surface area contributed by atoms with Crippen molar-refractivity contribution in [1.29, 1.82) is 0 Å². The number of aromatic nitrogens is 3. The molecule has 0 unspecified atom stereocenters. The first-order valence-corrected chi connectivity index (χ1v) is 8.75. The second-order valence-electron chi connectivity index (χ2n) is 6.10. The number of imidazole rings is 1. The van der Waals surface area contributed by atoms with Crippen LogP contribution >= 0.6 is 0 Å². The van der Waals surface area contributed by atoms with Crippen LogP contribution in [0.4, 0.5) is 5.69 Å². The van der Waals surface area contributed by atoms with Gasteiger partial charge in [-0.05, 0) is 35.9 Å². The summed E-state index contributed by atoms with van der Waals surface area (Å²) in [5, 5.41) is 2.87. The number of amides is 1. The van der Waals surface area contributed by atoms with E-state index < -0.39 is 0 Å². The van der Waals surface area contributed by atoms with E-state index in [1.807, 2.05) is 71.4 Å². The Hall–Kier alpha value is -3.93. The number of nitrogens with zero attached hydrogens (tertiary/aromatic N) is 3. The molecule has 28 heavy (non-hydrogen) atoms. The molecule has 1 N–H and O–H groups in total. The van der Waals surface area contributed by atoms with E-state index >= 15 is 0 Å². The lowest BCUT2D eigenvalue weighted by atomic mass is 10.1. The Labute approximate surface area is 162 Å². The smallest absolute Gasteiger partial charge is 0.248 e. The van der Waals surface area contributed by atoms with Crippen LogP contribution in [0.25, 0.3) is 23.1 Å². The number of anilines is 1. The third kappa shape index (κ3) is 3.76. The molecule has 138 valence electrons. The highest BCUT2D eigenvalue weighted by molar-refractivity contribution is 6.03. The summed E-state index contributed by atoms with van der Waals surface area (Å²) in [6, 6.07) is 17.0. The predicted octanol–water partition coefficient (Wildman–Crippen LogP) is 4.06. The summed E-state index contributed by atoms with van der Waals surface area (Å²) in [6.45, 7) is 0. The molecule has 0 radical (unpaired) electrons. The minimum absolute atomic E-state index is 0.240. The zero-order valence-electron chi connectivity index (χ0n) is 15.2. The number of carbonyl (C=O) groups excluding carboxylic acids is 1. The Bertz CT molecular complexity index is 1120. The van der Waals surface area contributed by atoms with Crippen molar-refractivity contribution in [2.24, 2.45) is 0 Å². The standard InChI is InChI=1S/C22H18N4O2/c1-28-20-10-9-17(19-15-26-13-5-12-23-22(26)25-19)14-18(20)24-21(27)11-8-16-6-3-2-4-7-16/h2-15H,1H3,(H,24,27)/b11-8+. The third-order valence-electron chi connectivity index (χ3n) is 4.22. The molecule has 0 aliphatic carbocycles. The van der Waals surface area contributed by atoms with E-state index in [4.69, 9.17) is 4.74 Å². The predicted molar refractivity (Wildman–Crippen MR) is 109 cm³/mol. The third-order valence-corrected chi connectivity index (χ3v) is 4.22. The fourth-order valence-corrected chi connectivity index (χ4v) is 2.84. The van der Waals surface area contributed by atoms with Gasteiger partial charge in [0.1, 0.15) is 5.75 Å². The van der Waals surface area contributed by atoms with E-state index in [0.717, 1.165) is 16.8 Å². The van der Waals surface area contributed by atoms with Gasteiger partial charge in [0.2, 0.25) is 11.7 Å². The number of hydrogen-bond acceptors (Lipinski definition) is 4. The van der Waals surface area contributed by atoms with Crippen molar-refractivity contribution < 1.29 is 9.53 Å². The Balaban J connectivity index is 1.60. The van der Waals surface area contributed by atoms with Crippen molar-refractivity contribution in [3.05, 3.63) is 84.8 Å². The highest BCUT2D eigenvalue weighted by Gasteiger charge is 2.11. The van der Waals surface area contributed by atoms with E-state index in [1.165, 1.54) is 6.08 Å². The zero-order valence-corrected chi connectivity index (χ0v) is 15.2. The Morgan fingerprint density at radius 1 is 1.14 bits per heavy atom. The van der Waals surface area contributed by atoms with Crippen molar-refractivity contribution in [2.75, 3.05) is 12.4 Å². The fourth-order valence-electron chi connectivity index (χ4n) is 2.84. The fraction of sp³-hybridized carbons (Fsp3) is 0.0455. The van der Waals surface area contributed by atoms with Crippen LogP contribution in [0, 0.1) is 0 Å². The Morgan fingerprint density at radius 3 is 2.79 bits per heavy atom. The van der Waals surface area contributed by atoms with Crippen LogP contribution in [-0.2, 0) is 4.79 Å². The maximum atomic E-state index is 12.4. The van der Waals surface area contributed by atoms with Gasteiger partial charge in [-0.3, -0.25) is 9.20 Å². The summed E-state index contributed by atoms with van der Waals surface area (Å²) >= 11 is 0. The molecule has 1 amide bonds. The molecular formula is C22H18N4O2. The van der Waals surface area contributed by atoms with E-state index in [-0.39, 0.29) is 5.91 Å². The number of rotatable bonds is 5. The van der Waals surface area contributed by atoms with Crippen molar-refractivity contribution in [2.45, 2.75) is 0 Å². The quantitative estimate of drug-likeness (QED) is 0.538. The van der Waals surface area contributed by atoms with Crippen molar-refractivity contribution in [1.82, 2.24) is 14.4 Å². The first-order chi connectivity index (χ1) is 13.7. The lowest BCUT2D eigenvalue weighted by molar-refractivity contribution is -0.111. The van der Waals surface area contributed by atoms with Gasteiger partial charge in [-0.25, -0.2) is 9.97 Å². The average Bonchev–Trinajstić information content (AvgIpc) is 3.17. The number of benzene rings is 2. The van der Waals surface area contributed by atoms with Crippen LogP contribution < -0.4 is 10.1 Å². The second kappa shape index (κ2) is 7.75. The molecule has 0 atom stereocenters. The maximum Gasteiger partial charge on any atom is 0.248 e. The monoisotopic (exact) mass is 370 g/mol. The minimum atomic E-state index is -0.240. The molecule has 2 aromatic heterocycles. The topological polar surface area (TPSA) is 68.5 Å². The van der Waals surface area contributed by atoms with Crippen LogP contribution in [0.5, 0.6) is 5.75 Å². The number of hydrogen-bond donors (Lipinski definition) is 1. The Kier molecular flexibility index (Phi) is 4.84. The van der Waals surface area contributed by atoms with Crippen molar-refractivity contribution >= 4 is 23.4 Å². The lowest BCUT2D eigenvalue weighted by Gasteiger charge is -2.10. The SMILES string of the molecule is COc1ccc(-c2cn3cccnc3n2)cc1NC(=O)/C=C/c1ccccc1. The summed E-state index contributed by atoms with van der Waals surface area (Å²) in [6.07, 6.45) is 8.74. The van der Waals surface area contributed by atoms with E-state index in [1.54, 1.807) is 19.4 Å². The first-order valence-electron chi connectivity index (χ1n) is 8.75. The van der Waals surface area contributed by atoms with Crippen LogP contribution in [-0.4, -0.2) is 27.4 Å². The van der Waals surface area contributed by atoms with E-state index in [2.05, 4.69) is 15.3 Å². The molecule has 6 heteroatoms. The molecule has 0 saturated carbocycles. The largest absolute Gasteiger partial charge is 0.495 e. The van der Waals surface area contributed by atoms with Crippen molar-refractivity contribution in [3.8, 4) is 17.0 Å². The van der Waals surface area contributed by atoms with Gasteiger partial charge in [-0.1, -0.05) is 30.3 Å². The molecule has 0 fully saturated rings. The zero-order chi connectivity index (χ0) is 19.3. The average molecular weight is 370 g/mol. The first kappa shape index (κ1) is 17.5. The van der Waals surface area contributed by atoms with Crippen LogP contribution in [0.2, 0.25) is 0 Å². The van der Waals surface area contributed by atoms with Crippen molar-refractivity contribution in [3.63, 3.8) is 0 Å². The molecule has 0 spiro atoms. The number of nitrogens with one attached hydrogen (secondary N) is 1. The normalized spacial score (nSPS) is 11.0. The van der Waals surface area contributed by atoms with Gasteiger partial charge >= 0.3 is 0 Å². The van der Waals surface area contributed by atoms with Gasteiger partial charge in [-0.2, -0.15) is 0 Å². The second-order valence-corrected chi connectivity index (χ2v) is 6.10. The number of carbonyl (C=O) groups is 1.